The summed E-state index contributed by atoms with van der Waals surface area (Å²) in [4.78, 5) is 30.9. The van der Waals surface area contributed by atoms with Crippen LogP contribution in [0, 0.1) is 0 Å². The fourth-order valence-corrected chi connectivity index (χ4v) is 3.96. The highest BCUT2D eigenvalue weighted by Crippen LogP contribution is 2.32. The predicted octanol–water partition coefficient (Wildman–Crippen LogP) is 4.91. The summed E-state index contributed by atoms with van der Waals surface area (Å²) >= 11 is 0. The largest absolute Gasteiger partial charge is 0.339 e. The van der Waals surface area contributed by atoms with E-state index in [9.17, 15) is 13.6 Å². The number of likely N-dealkylation sites (tertiary alicyclic amines) is 1. The van der Waals surface area contributed by atoms with E-state index < -0.39 is 11.7 Å². The molecule has 3 aromatic rings. The van der Waals surface area contributed by atoms with Crippen molar-refractivity contribution in [2.24, 2.45) is 0 Å². The Labute approximate surface area is 203 Å². The number of pyridine rings is 2. The molecule has 0 atom stereocenters. The van der Waals surface area contributed by atoms with E-state index in [1.54, 1.807) is 18.3 Å². The van der Waals surface area contributed by atoms with Gasteiger partial charge in [-0.05, 0) is 44.0 Å². The van der Waals surface area contributed by atoms with Crippen LogP contribution < -0.4 is 10.6 Å². The average molecular weight is 482 g/mol. The SMILES string of the molecule is CCc1cc(Nc2cc(NC(C)=O)ncc2-c2ccc(CN3CCCC3)cn2)nc(C(C)(F)F)n1. The van der Waals surface area contributed by atoms with Crippen LogP contribution in [0.25, 0.3) is 11.3 Å². The molecule has 0 aromatic carbocycles. The molecule has 184 valence electrons. The summed E-state index contributed by atoms with van der Waals surface area (Å²) in [7, 11) is 0. The van der Waals surface area contributed by atoms with Gasteiger partial charge in [0.2, 0.25) is 11.7 Å². The molecule has 0 radical (unpaired) electrons. The van der Waals surface area contributed by atoms with Crippen molar-refractivity contribution in [2.75, 3.05) is 23.7 Å². The van der Waals surface area contributed by atoms with Gasteiger partial charge in [0.25, 0.3) is 0 Å². The number of alkyl halides is 2. The Morgan fingerprint density at radius 3 is 2.49 bits per heavy atom. The highest BCUT2D eigenvalue weighted by Gasteiger charge is 2.29. The second-order valence-corrected chi connectivity index (χ2v) is 8.77. The van der Waals surface area contributed by atoms with Gasteiger partial charge < -0.3 is 10.6 Å². The number of aryl methyl sites for hydroxylation is 1. The van der Waals surface area contributed by atoms with Gasteiger partial charge in [0, 0.05) is 56.2 Å². The van der Waals surface area contributed by atoms with E-state index in [4.69, 9.17) is 0 Å². The maximum atomic E-state index is 14.0. The average Bonchev–Trinajstić information content (AvgIpc) is 3.32. The summed E-state index contributed by atoms with van der Waals surface area (Å²) in [6.45, 7) is 7.05. The molecule has 0 saturated carbocycles. The van der Waals surface area contributed by atoms with E-state index in [2.05, 4.69) is 35.5 Å². The maximum absolute atomic E-state index is 14.0. The summed E-state index contributed by atoms with van der Waals surface area (Å²) < 4.78 is 28.0. The van der Waals surface area contributed by atoms with Gasteiger partial charge >= 0.3 is 5.92 Å². The maximum Gasteiger partial charge on any atom is 0.303 e. The third kappa shape index (κ3) is 6.33. The van der Waals surface area contributed by atoms with E-state index in [0.717, 1.165) is 32.1 Å². The monoisotopic (exact) mass is 481 g/mol. The summed E-state index contributed by atoms with van der Waals surface area (Å²) in [5.74, 6) is -3.47. The Balaban J connectivity index is 1.68. The number of aromatic nitrogens is 4. The standard InChI is InChI=1S/C25H29F2N7O/c1-4-18-11-23(33-24(31-18)25(3,26)27)32-21-12-22(30-16(2)35)29-14-19(21)20-8-7-17(13-28-20)15-34-9-5-6-10-34/h7-8,11-14H,4-6,9-10,15H2,1-3H3,(H2,29,30,31,32,33,35). The zero-order valence-electron chi connectivity index (χ0n) is 20.1. The van der Waals surface area contributed by atoms with Crippen molar-refractivity contribution in [3.63, 3.8) is 0 Å². The molecule has 2 N–H and O–H groups in total. The highest BCUT2D eigenvalue weighted by molar-refractivity contribution is 5.89. The predicted molar refractivity (Wildman–Crippen MR) is 131 cm³/mol. The summed E-state index contributed by atoms with van der Waals surface area (Å²) in [6.07, 6.45) is 6.35. The van der Waals surface area contributed by atoms with E-state index in [-0.39, 0.29) is 11.7 Å². The number of carbonyl (C=O) groups excluding carboxylic acids is 1. The van der Waals surface area contributed by atoms with Crippen LogP contribution in [-0.4, -0.2) is 43.8 Å². The number of nitrogens with zero attached hydrogens (tertiary/aromatic N) is 5. The molecule has 10 heteroatoms. The van der Waals surface area contributed by atoms with Crippen LogP contribution >= 0.6 is 0 Å². The van der Waals surface area contributed by atoms with Gasteiger partial charge in [-0.1, -0.05) is 13.0 Å². The van der Waals surface area contributed by atoms with Gasteiger partial charge in [-0.3, -0.25) is 14.7 Å². The van der Waals surface area contributed by atoms with Crippen LogP contribution in [0.15, 0.2) is 36.7 Å². The first-order valence-electron chi connectivity index (χ1n) is 11.7. The summed E-state index contributed by atoms with van der Waals surface area (Å²) in [5, 5.41) is 5.77. The zero-order chi connectivity index (χ0) is 25.0. The number of halogens is 2. The van der Waals surface area contributed by atoms with Crippen molar-refractivity contribution in [1.82, 2.24) is 24.8 Å². The molecule has 4 rings (SSSR count). The lowest BCUT2D eigenvalue weighted by Gasteiger charge is -2.17. The molecular formula is C25H29F2N7O. The molecule has 3 aromatic heterocycles. The van der Waals surface area contributed by atoms with E-state index >= 15 is 0 Å². The molecule has 4 heterocycles. The van der Waals surface area contributed by atoms with E-state index in [1.807, 2.05) is 25.3 Å². The number of nitrogens with one attached hydrogen (secondary N) is 2. The first kappa shape index (κ1) is 24.6. The smallest absolute Gasteiger partial charge is 0.303 e. The van der Waals surface area contributed by atoms with Gasteiger partial charge in [0.15, 0.2) is 0 Å². The number of carbonyl (C=O) groups is 1. The van der Waals surface area contributed by atoms with Crippen molar-refractivity contribution in [2.45, 2.75) is 52.5 Å². The van der Waals surface area contributed by atoms with Crippen LogP contribution in [0.3, 0.4) is 0 Å². The van der Waals surface area contributed by atoms with E-state index in [0.29, 0.717) is 34.9 Å². The molecule has 1 saturated heterocycles. The number of anilines is 3. The van der Waals surface area contributed by atoms with E-state index in [1.165, 1.54) is 19.8 Å². The van der Waals surface area contributed by atoms with Gasteiger partial charge in [-0.2, -0.15) is 8.78 Å². The molecule has 1 fully saturated rings. The quantitative estimate of drug-likeness (QED) is 0.472. The van der Waals surface area contributed by atoms with Crippen molar-refractivity contribution < 1.29 is 13.6 Å². The minimum absolute atomic E-state index is 0.222. The number of rotatable bonds is 8. The third-order valence-corrected chi connectivity index (χ3v) is 5.71. The normalized spacial score (nSPS) is 14.2. The lowest BCUT2D eigenvalue weighted by molar-refractivity contribution is -0.114. The molecule has 1 amide bonds. The van der Waals surface area contributed by atoms with Gasteiger partial charge in [0.1, 0.15) is 11.6 Å². The fourth-order valence-electron chi connectivity index (χ4n) is 3.96. The van der Waals surface area contributed by atoms with Crippen molar-refractivity contribution in [3.8, 4) is 11.3 Å². The molecule has 0 unspecified atom stereocenters. The topological polar surface area (TPSA) is 95.9 Å². The fraction of sp³-hybridized carbons (Fsp3) is 0.400. The van der Waals surface area contributed by atoms with Crippen molar-refractivity contribution >= 4 is 23.2 Å². The molecular weight excluding hydrogens is 452 g/mol. The summed E-state index contributed by atoms with van der Waals surface area (Å²) in [5.41, 5.74) is 3.43. The highest BCUT2D eigenvalue weighted by atomic mass is 19.3. The first-order chi connectivity index (χ1) is 16.7. The Hall–Kier alpha value is -3.53. The minimum atomic E-state index is -3.18. The Kier molecular flexibility index (Phi) is 7.30. The second-order valence-electron chi connectivity index (χ2n) is 8.77. The third-order valence-electron chi connectivity index (χ3n) is 5.71. The van der Waals surface area contributed by atoms with Gasteiger partial charge in [-0.15, -0.1) is 0 Å². The van der Waals surface area contributed by atoms with Crippen LogP contribution in [0.5, 0.6) is 0 Å². The number of amides is 1. The molecule has 35 heavy (non-hydrogen) atoms. The summed E-state index contributed by atoms with van der Waals surface area (Å²) in [6, 6.07) is 7.20. The van der Waals surface area contributed by atoms with Crippen LogP contribution in [0.2, 0.25) is 0 Å². The molecule has 1 aliphatic heterocycles. The molecule has 0 bridgehead atoms. The van der Waals surface area contributed by atoms with Crippen LogP contribution in [-0.2, 0) is 23.7 Å². The lowest BCUT2D eigenvalue weighted by Crippen LogP contribution is -2.18. The molecule has 0 aliphatic carbocycles. The molecule has 8 nitrogen and oxygen atoms in total. The van der Waals surface area contributed by atoms with Crippen LogP contribution in [0.4, 0.5) is 26.1 Å². The van der Waals surface area contributed by atoms with Crippen LogP contribution in [0.1, 0.15) is 50.7 Å². The zero-order valence-corrected chi connectivity index (χ0v) is 20.1. The van der Waals surface area contributed by atoms with Crippen molar-refractivity contribution in [1.29, 1.82) is 0 Å². The number of hydrogen-bond donors (Lipinski definition) is 2. The van der Waals surface area contributed by atoms with Crippen molar-refractivity contribution in [3.05, 3.63) is 53.7 Å². The minimum Gasteiger partial charge on any atom is -0.339 e. The second kappa shape index (κ2) is 10.4. The number of hydrogen-bond acceptors (Lipinski definition) is 7. The van der Waals surface area contributed by atoms with Gasteiger partial charge in [-0.25, -0.2) is 15.0 Å². The first-order valence-corrected chi connectivity index (χ1v) is 11.7. The lowest BCUT2D eigenvalue weighted by atomic mass is 10.1. The Morgan fingerprint density at radius 1 is 1.09 bits per heavy atom. The van der Waals surface area contributed by atoms with Gasteiger partial charge in [0.05, 0.1) is 11.4 Å². The molecule has 0 spiro atoms. The Bertz CT molecular complexity index is 1190. The molecule has 1 aliphatic rings. The Morgan fingerprint density at radius 2 is 1.86 bits per heavy atom.